The molecule has 0 bridgehead atoms. The third kappa shape index (κ3) is 10.0. The molecule has 6 aromatic carbocycles. The molecule has 2 amide bonds. The minimum Gasteiger partial charge on any atom is -0.851 e. The smallest absolute Gasteiger partial charge is 0.221 e. The maximum atomic E-state index is 15.4. The third-order valence-corrected chi connectivity index (χ3v) is 13.6. The lowest BCUT2D eigenvalue weighted by atomic mass is 9.61. The number of hydrogen-bond donors (Lipinski definition) is 2. The van der Waals surface area contributed by atoms with Crippen molar-refractivity contribution in [3.8, 4) is 0 Å². The average molecular weight is 863 g/mol. The van der Waals surface area contributed by atoms with Crippen LogP contribution < -0.4 is 30.6 Å². The Kier molecular flexibility index (Phi) is 15.8. The average Bonchev–Trinajstić information content (AvgIpc) is 3.28. The molecule has 0 radical (unpaired) electrons. The Labute approximate surface area is 381 Å². The molecule has 64 heavy (non-hydrogen) atoms. The van der Waals surface area contributed by atoms with Crippen molar-refractivity contribution in [2.45, 2.75) is 143 Å². The molecule has 0 unspecified atom stereocenters. The highest BCUT2D eigenvalue weighted by molar-refractivity contribution is 6.11. The van der Waals surface area contributed by atoms with Crippen molar-refractivity contribution in [3.63, 3.8) is 0 Å². The lowest BCUT2D eigenvalue weighted by Gasteiger charge is -2.62. The Morgan fingerprint density at radius 1 is 0.469 bits per heavy atom. The lowest BCUT2D eigenvalue weighted by molar-refractivity contribution is -0.535. The monoisotopic (exact) mass is 863 g/mol. The van der Waals surface area contributed by atoms with Gasteiger partial charge in [0.1, 0.15) is 0 Å². The highest BCUT2D eigenvalue weighted by Gasteiger charge is 2.43. The van der Waals surface area contributed by atoms with Crippen LogP contribution in [0.15, 0.2) is 84.9 Å². The SMILES string of the molecule is CCCCCN(CCCCC)c1cc(NC(C)=O)c(C2C([O-])C(c3c(NC(C)=O)cc(N(CCCCC)CCCCC)c4cc5ccccc5cc34)C2[O-])c2cc3ccccc3cc12. The molecular weight excluding hydrogens is 793 g/mol. The Bertz CT molecular complexity index is 2360. The molecule has 0 aliphatic heterocycles. The van der Waals surface area contributed by atoms with E-state index in [-0.39, 0.29) is 11.8 Å². The van der Waals surface area contributed by atoms with Gasteiger partial charge in [0.05, 0.1) is 0 Å². The van der Waals surface area contributed by atoms with Gasteiger partial charge in [-0.2, -0.15) is 0 Å². The van der Waals surface area contributed by atoms with E-state index in [1.165, 1.54) is 13.8 Å². The molecular formula is C56H70N4O4-2. The number of carbonyl (C=O) groups excluding carboxylic acids is 2. The van der Waals surface area contributed by atoms with Gasteiger partial charge in [0.2, 0.25) is 11.8 Å². The molecule has 8 heteroatoms. The van der Waals surface area contributed by atoms with Gasteiger partial charge >= 0.3 is 0 Å². The predicted molar refractivity (Wildman–Crippen MR) is 267 cm³/mol. The van der Waals surface area contributed by atoms with Gasteiger partial charge in [-0.3, -0.25) is 9.59 Å². The van der Waals surface area contributed by atoms with E-state index in [1.807, 2.05) is 36.4 Å². The van der Waals surface area contributed by atoms with Gasteiger partial charge < -0.3 is 30.6 Å². The highest BCUT2D eigenvalue weighted by atomic mass is 16.3. The van der Waals surface area contributed by atoms with Gasteiger partial charge in [-0.1, -0.05) is 128 Å². The zero-order chi connectivity index (χ0) is 45.3. The number of anilines is 4. The Morgan fingerprint density at radius 2 is 0.766 bits per heavy atom. The molecule has 340 valence electrons. The largest absolute Gasteiger partial charge is 0.851 e. The van der Waals surface area contributed by atoms with Crippen molar-refractivity contribution < 1.29 is 19.8 Å². The fourth-order valence-electron chi connectivity index (χ4n) is 10.3. The second kappa shape index (κ2) is 21.7. The van der Waals surface area contributed by atoms with Crippen LogP contribution in [0.3, 0.4) is 0 Å². The van der Waals surface area contributed by atoms with Crippen LogP contribution in [0.25, 0.3) is 43.1 Å². The zero-order valence-electron chi connectivity index (χ0n) is 39.2. The molecule has 0 aromatic heterocycles. The quantitative estimate of drug-likeness (QED) is 0.0519. The van der Waals surface area contributed by atoms with Crippen LogP contribution in [-0.2, 0) is 9.59 Å². The summed E-state index contributed by atoms with van der Waals surface area (Å²) in [7, 11) is 0. The number of nitrogens with zero attached hydrogens (tertiary/aromatic N) is 2. The molecule has 6 aromatic rings. The summed E-state index contributed by atoms with van der Waals surface area (Å²) in [6, 6.07) is 29.2. The molecule has 1 aliphatic carbocycles. The Hall–Kier alpha value is -5.18. The van der Waals surface area contributed by atoms with Crippen LogP contribution in [0.4, 0.5) is 22.7 Å². The molecule has 1 aliphatic rings. The van der Waals surface area contributed by atoms with E-state index >= 15 is 10.2 Å². The fraction of sp³-hybridized carbons (Fsp3) is 0.464. The van der Waals surface area contributed by atoms with E-state index in [4.69, 9.17) is 0 Å². The summed E-state index contributed by atoms with van der Waals surface area (Å²) in [6.45, 7) is 15.3. The summed E-state index contributed by atoms with van der Waals surface area (Å²) >= 11 is 0. The topological polar surface area (TPSA) is 111 Å². The van der Waals surface area contributed by atoms with Crippen molar-refractivity contribution in [2.75, 3.05) is 46.6 Å². The minimum absolute atomic E-state index is 0.250. The Balaban J connectivity index is 1.43. The molecule has 1 fully saturated rings. The van der Waals surface area contributed by atoms with Gasteiger partial charge in [-0.25, -0.2) is 0 Å². The molecule has 0 heterocycles. The van der Waals surface area contributed by atoms with Crippen molar-refractivity contribution in [3.05, 3.63) is 96.1 Å². The first kappa shape index (κ1) is 46.8. The summed E-state index contributed by atoms with van der Waals surface area (Å²) in [6.07, 6.45) is 10.4. The minimum atomic E-state index is -1.35. The first-order chi connectivity index (χ1) is 31.1. The first-order valence-corrected chi connectivity index (χ1v) is 24.4. The van der Waals surface area contributed by atoms with Crippen molar-refractivity contribution in [1.82, 2.24) is 0 Å². The number of rotatable bonds is 22. The van der Waals surface area contributed by atoms with Crippen LogP contribution in [0.2, 0.25) is 0 Å². The highest BCUT2D eigenvalue weighted by Crippen LogP contribution is 2.55. The number of hydrogen-bond acceptors (Lipinski definition) is 6. The maximum absolute atomic E-state index is 15.4. The Morgan fingerprint density at radius 3 is 1.05 bits per heavy atom. The van der Waals surface area contributed by atoms with Gasteiger partial charge in [-0.15, -0.1) is 12.2 Å². The van der Waals surface area contributed by atoms with Gasteiger partial charge in [0.15, 0.2) is 0 Å². The number of unbranched alkanes of at least 4 members (excludes halogenated alkanes) is 8. The lowest BCUT2D eigenvalue weighted by Crippen LogP contribution is -2.64. The number of amides is 2. The molecule has 0 spiro atoms. The van der Waals surface area contributed by atoms with E-state index in [1.54, 1.807) is 0 Å². The molecule has 1 saturated carbocycles. The van der Waals surface area contributed by atoms with Crippen LogP contribution in [0, 0.1) is 0 Å². The van der Waals surface area contributed by atoms with Crippen molar-refractivity contribution in [2.24, 2.45) is 0 Å². The second-order valence-corrected chi connectivity index (χ2v) is 18.3. The van der Waals surface area contributed by atoms with E-state index in [0.29, 0.717) is 22.5 Å². The van der Waals surface area contributed by atoms with E-state index in [0.717, 1.165) is 158 Å². The van der Waals surface area contributed by atoms with Crippen molar-refractivity contribution in [1.29, 1.82) is 0 Å². The summed E-state index contributed by atoms with van der Waals surface area (Å²) in [5, 5.41) is 45.0. The molecule has 0 atom stereocenters. The third-order valence-electron chi connectivity index (χ3n) is 13.6. The van der Waals surface area contributed by atoms with Crippen LogP contribution in [0.5, 0.6) is 0 Å². The summed E-state index contributed by atoms with van der Waals surface area (Å²) in [4.78, 5) is 31.2. The van der Waals surface area contributed by atoms with E-state index in [2.05, 4.69) is 96.7 Å². The number of benzene rings is 6. The van der Waals surface area contributed by atoms with Gasteiger partial charge in [-0.05, 0) is 117 Å². The van der Waals surface area contributed by atoms with Crippen LogP contribution >= 0.6 is 0 Å². The normalized spacial score (nSPS) is 17.2. The first-order valence-electron chi connectivity index (χ1n) is 24.4. The van der Waals surface area contributed by atoms with E-state index < -0.39 is 24.0 Å². The second-order valence-electron chi connectivity index (χ2n) is 18.3. The van der Waals surface area contributed by atoms with Gasteiger partial charge in [0.25, 0.3) is 0 Å². The standard InChI is InChI=1S/C56H70N4O4/c1-7-11-19-27-59(28-20-12-8-2)49-35-47(57-37(5)61)51(45-33-41-25-17-15-23-39(41)31-43(45)49)53-55(63)54(56(53)64)52-46-34-42-26-18-16-24-40(42)32-44(46)50(36-48(52)58-38(6)62)60(29-21-13-9-3)30-22-14-10-4/h15-18,23-26,31-36,53-56H,7-14,19-22,27-30H2,1-6H3,(H,57,61)(H,58,62)/q-2. The number of carbonyl (C=O) groups is 2. The molecule has 7 rings (SSSR count). The van der Waals surface area contributed by atoms with Gasteiger partial charge in [0, 0.05) is 73.5 Å². The maximum Gasteiger partial charge on any atom is 0.221 e. The van der Waals surface area contributed by atoms with Crippen LogP contribution in [-0.4, -0.2) is 50.2 Å². The molecule has 2 N–H and O–H groups in total. The number of fused-ring (bicyclic) bond motifs is 4. The summed E-state index contributed by atoms with van der Waals surface area (Å²) in [5.74, 6) is -2.39. The predicted octanol–water partition coefficient (Wildman–Crippen LogP) is 11.9. The zero-order valence-corrected chi connectivity index (χ0v) is 39.2. The van der Waals surface area contributed by atoms with E-state index in [9.17, 15) is 9.59 Å². The fourth-order valence-corrected chi connectivity index (χ4v) is 10.3. The van der Waals surface area contributed by atoms with Crippen molar-refractivity contribution >= 4 is 77.7 Å². The molecule has 8 nitrogen and oxygen atoms in total. The summed E-state index contributed by atoms with van der Waals surface area (Å²) < 4.78 is 0. The van der Waals surface area contributed by atoms with Crippen LogP contribution in [0.1, 0.15) is 142 Å². The molecule has 0 saturated heterocycles. The number of nitrogens with one attached hydrogen (secondary N) is 2. The summed E-state index contributed by atoms with van der Waals surface area (Å²) in [5.41, 5.74) is 4.34.